The molecule has 0 aliphatic rings. The van der Waals surface area contributed by atoms with Gasteiger partial charge in [0.05, 0.1) is 0 Å². The molecule has 1 amide bonds. The SMILES string of the molecule is CSCCC(=O)N(C)CCC(C)Br. The Morgan fingerprint density at radius 3 is 2.69 bits per heavy atom. The first-order chi connectivity index (χ1) is 6.07. The van der Waals surface area contributed by atoms with Crippen molar-refractivity contribution in [2.75, 3.05) is 25.6 Å². The van der Waals surface area contributed by atoms with Gasteiger partial charge in [0.15, 0.2) is 0 Å². The monoisotopic (exact) mass is 267 g/mol. The molecule has 0 aromatic heterocycles. The van der Waals surface area contributed by atoms with Gasteiger partial charge in [0.1, 0.15) is 0 Å². The first-order valence-corrected chi connectivity index (χ1v) is 6.75. The van der Waals surface area contributed by atoms with E-state index in [2.05, 4.69) is 22.9 Å². The minimum atomic E-state index is 0.252. The van der Waals surface area contributed by atoms with E-state index in [1.165, 1.54) is 0 Å². The summed E-state index contributed by atoms with van der Waals surface area (Å²) in [5, 5.41) is 0. The van der Waals surface area contributed by atoms with Gasteiger partial charge in [0, 0.05) is 30.6 Å². The first kappa shape index (κ1) is 13.3. The Bertz CT molecular complexity index is 153. The fourth-order valence-corrected chi connectivity index (χ4v) is 1.46. The van der Waals surface area contributed by atoms with E-state index >= 15 is 0 Å². The van der Waals surface area contributed by atoms with Crippen molar-refractivity contribution < 1.29 is 4.79 Å². The lowest BCUT2D eigenvalue weighted by Crippen LogP contribution is -2.28. The number of nitrogens with zero attached hydrogens (tertiary/aromatic N) is 1. The molecule has 0 saturated carbocycles. The van der Waals surface area contributed by atoms with Gasteiger partial charge in [0.25, 0.3) is 0 Å². The van der Waals surface area contributed by atoms with Crippen LogP contribution in [0.1, 0.15) is 19.8 Å². The smallest absolute Gasteiger partial charge is 0.223 e. The molecule has 0 heterocycles. The van der Waals surface area contributed by atoms with E-state index in [0.29, 0.717) is 11.2 Å². The molecule has 1 atom stereocenters. The predicted octanol–water partition coefficient (Wildman–Crippen LogP) is 2.37. The summed E-state index contributed by atoms with van der Waals surface area (Å²) in [6.45, 7) is 2.94. The van der Waals surface area contributed by atoms with E-state index in [9.17, 15) is 4.79 Å². The molecule has 0 fully saturated rings. The third kappa shape index (κ3) is 7.38. The fourth-order valence-electron chi connectivity index (χ4n) is 0.876. The predicted molar refractivity (Wildman–Crippen MR) is 63.6 cm³/mol. The summed E-state index contributed by atoms with van der Waals surface area (Å²) in [6.07, 6.45) is 3.70. The van der Waals surface area contributed by atoms with Crippen LogP contribution in [0.25, 0.3) is 0 Å². The van der Waals surface area contributed by atoms with Gasteiger partial charge in [-0.1, -0.05) is 22.9 Å². The van der Waals surface area contributed by atoms with Gasteiger partial charge >= 0.3 is 0 Å². The molecule has 0 spiro atoms. The number of carbonyl (C=O) groups excluding carboxylic acids is 1. The van der Waals surface area contributed by atoms with Crippen molar-refractivity contribution in [2.24, 2.45) is 0 Å². The number of hydrogen-bond acceptors (Lipinski definition) is 2. The molecule has 0 saturated heterocycles. The number of alkyl halides is 1. The lowest BCUT2D eigenvalue weighted by molar-refractivity contribution is -0.129. The van der Waals surface area contributed by atoms with Gasteiger partial charge in [-0.3, -0.25) is 4.79 Å². The summed E-state index contributed by atoms with van der Waals surface area (Å²) < 4.78 is 0. The lowest BCUT2D eigenvalue weighted by Gasteiger charge is -2.17. The molecule has 0 bridgehead atoms. The van der Waals surface area contributed by atoms with Crippen LogP contribution in [0, 0.1) is 0 Å². The van der Waals surface area contributed by atoms with Crippen LogP contribution in [0.15, 0.2) is 0 Å². The number of halogens is 1. The summed E-state index contributed by atoms with van der Waals surface area (Å²) in [7, 11) is 1.87. The minimum absolute atomic E-state index is 0.252. The van der Waals surface area contributed by atoms with E-state index in [1.807, 2.05) is 18.2 Å². The molecule has 0 aromatic carbocycles. The standard InChI is InChI=1S/C9H18BrNOS/c1-8(10)4-6-11(2)9(12)5-7-13-3/h8H,4-7H2,1-3H3. The highest BCUT2D eigenvalue weighted by Crippen LogP contribution is 2.05. The van der Waals surface area contributed by atoms with Crippen LogP contribution in [-0.4, -0.2) is 41.2 Å². The number of hydrogen-bond donors (Lipinski definition) is 0. The average Bonchev–Trinajstić information content (AvgIpc) is 2.10. The summed E-state index contributed by atoms with van der Waals surface area (Å²) in [5.41, 5.74) is 0. The molecule has 0 radical (unpaired) electrons. The van der Waals surface area contributed by atoms with Crippen LogP contribution in [-0.2, 0) is 4.79 Å². The van der Waals surface area contributed by atoms with Crippen molar-refractivity contribution in [1.29, 1.82) is 0 Å². The maximum absolute atomic E-state index is 11.4. The molecular formula is C9H18BrNOS. The quantitative estimate of drug-likeness (QED) is 0.689. The molecule has 0 aliphatic carbocycles. The van der Waals surface area contributed by atoms with Crippen molar-refractivity contribution >= 4 is 33.6 Å². The Morgan fingerprint density at radius 1 is 1.62 bits per heavy atom. The average molecular weight is 268 g/mol. The molecule has 1 unspecified atom stereocenters. The molecule has 0 aliphatic heterocycles. The normalized spacial score (nSPS) is 12.6. The third-order valence-corrected chi connectivity index (χ3v) is 2.88. The Kier molecular flexibility index (Phi) is 7.86. The van der Waals surface area contributed by atoms with Gasteiger partial charge in [-0.25, -0.2) is 0 Å². The molecule has 2 nitrogen and oxygen atoms in total. The Labute approximate surface area is 93.6 Å². The maximum atomic E-state index is 11.4. The third-order valence-electron chi connectivity index (χ3n) is 1.81. The zero-order chi connectivity index (χ0) is 10.3. The highest BCUT2D eigenvalue weighted by atomic mass is 79.9. The van der Waals surface area contributed by atoms with Crippen molar-refractivity contribution in [3.8, 4) is 0 Å². The van der Waals surface area contributed by atoms with Crippen LogP contribution in [0.2, 0.25) is 0 Å². The molecular weight excluding hydrogens is 250 g/mol. The van der Waals surface area contributed by atoms with Gasteiger partial charge in [-0.05, 0) is 12.7 Å². The van der Waals surface area contributed by atoms with Crippen molar-refractivity contribution in [1.82, 2.24) is 4.90 Å². The van der Waals surface area contributed by atoms with Crippen LogP contribution in [0.5, 0.6) is 0 Å². The van der Waals surface area contributed by atoms with Crippen molar-refractivity contribution in [2.45, 2.75) is 24.6 Å². The molecule has 78 valence electrons. The van der Waals surface area contributed by atoms with Crippen molar-refractivity contribution in [3.63, 3.8) is 0 Å². The van der Waals surface area contributed by atoms with E-state index < -0.39 is 0 Å². The van der Waals surface area contributed by atoms with E-state index in [0.717, 1.165) is 18.7 Å². The Balaban J connectivity index is 3.57. The van der Waals surface area contributed by atoms with Crippen LogP contribution >= 0.6 is 27.7 Å². The van der Waals surface area contributed by atoms with E-state index in [4.69, 9.17) is 0 Å². The largest absolute Gasteiger partial charge is 0.346 e. The van der Waals surface area contributed by atoms with E-state index in [-0.39, 0.29) is 5.91 Å². The Morgan fingerprint density at radius 2 is 2.23 bits per heavy atom. The Hall–Kier alpha value is 0.300. The summed E-state index contributed by atoms with van der Waals surface area (Å²) in [4.78, 5) is 13.7. The molecule has 0 N–H and O–H groups in total. The maximum Gasteiger partial charge on any atom is 0.223 e. The molecule has 13 heavy (non-hydrogen) atoms. The van der Waals surface area contributed by atoms with Gasteiger partial charge < -0.3 is 4.90 Å². The number of rotatable bonds is 6. The van der Waals surface area contributed by atoms with Crippen LogP contribution in [0.4, 0.5) is 0 Å². The summed E-state index contributed by atoms with van der Waals surface area (Å²) in [6, 6.07) is 0. The van der Waals surface area contributed by atoms with Gasteiger partial charge in [-0.15, -0.1) is 0 Å². The first-order valence-electron chi connectivity index (χ1n) is 4.45. The lowest BCUT2D eigenvalue weighted by atomic mass is 10.3. The zero-order valence-electron chi connectivity index (χ0n) is 8.55. The second-order valence-electron chi connectivity index (χ2n) is 3.13. The fraction of sp³-hybridized carbons (Fsp3) is 0.889. The summed E-state index contributed by atoms with van der Waals surface area (Å²) in [5.74, 6) is 1.18. The van der Waals surface area contributed by atoms with Gasteiger partial charge in [-0.2, -0.15) is 11.8 Å². The number of carbonyl (C=O) groups is 1. The zero-order valence-corrected chi connectivity index (χ0v) is 10.9. The number of amides is 1. The topological polar surface area (TPSA) is 20.3 Å². The molecule has 0 aromatic rings. The second kappa shape index (κ2) is 7.68. The number of thioether (sulfide) groups is 1. The van der Waals surface area contributed by atoms with Crippen molar-refractivity contribution in [3.05, 3.63) is 0 Å². The molecule has 4 heteroatoms. The van der Waals surface area contributed by atoms with Crippen LogP contribution in [0.3, 0.4) is 0 Å². The van der Waals surface area contributed by atoms with E-state index in [1.54, 1.807) is 11.8 Å². The highest BCUT2D eigenvalue weighted by Gasteiger charge is 2.08. The van der Waals surface area contributed by atoms with Crippen LogP contribution < -0.4 is 0 Å². The molecule has 0 rings (SSSR count). The summed E-state index contributed by atoms with van der Waals surface area (Å²) >= 11 is 5.18. The minimum Gasteiger partial charge on any atom is -0.346 e. The van der Waals surface area contributed by atoms with Gasteiger partial charge in [0.2, 0.25) is 5.91 Å². The second-order valence-corrected chi connectivity index (χ2v) is 5.68. The highest BCUT2D eigenvalue weighted by molar-refractivity contribution is 9.09.